The highest BCUT2D eigenvalue weighted by Gasteiger charge is 2.31. The summed E-state index contributed by atoms with van der Waals surface area (Å²) in [5, 5.41) is 0.0808. The molecule has 0 saturated carbocycles. The largest absolute Gasteiger partial charge is 0.495 e. The normalized spacial score (nSPS) is 12.5. The van der Waals surface area contributed by atoms with Gasteiger partial charge in [-0.05, 0) is 48.2 Å². The molecule has 0 saturated heterocycles. The van der Waals surface area contributed by atoms with E-state index in [1.54, 1.807) is 0 Å². The van der Waals surface area contributed by atoms with Crippen LogP contribution in [0.15, 0.2) is 52.2 Å². The monoisotopic (exact) mass is 613 g/mol. The van der Waals surface area contributed by atoms with Crippen LogP contribution in [0, 0.1) is 40.8 Å². The van der Waals surface area contributed by atoms with Crippen molar-refractivity contribution in [2.75, 3.05) is 7.11 Å². The highest BCUT2D eigenvalue weighted by atomic mass is 32.2. The number of benzene rings is 3. The van der Waals surface area contributed by atoms with Gasteiger partial charge in [-0.2, -0.15) is 17.2 Å². The highest BCUT2D eigenvalue weighted by Crippen LogP contribution is 2.33. The minimum atomic E-state index is -5.14. The Morgan fingerprint density at radius 3 is 2.10 bits per heavy atom. The Morgan fingerprint density at radius 1 is 0.857 bits per heavy atom. The van der Waals surface area contributed by atoms with Crippen LogP contribution in [0.25, 0.3) is 16.6 Å². The molecule has 224 valence electrons. The number of rotatable bonds is 10. The summed E-state index contributed by atoms with van der Waals surface area (Å²) in [6.45, 7) is 4.06. The summed E-state index contributed by atoms with van der Waals surface area (Å²) in [5.74, 6) is -14.3. The van der Waals surface area contributed by atoms with E-state index < -0.39 is 61.2 Å². The van der Waals surface area contributed by atoms with Gasteiger partial charge in [0.1, 0.15) is 16.5 Å². The third-order valence-corrected chi connectivity index (χ3v) is 8.11. The molecule has 6 nitrogen and oxygen atoms in total. The lowest BCUT2D eigenvalue weighted by molar-refractivity contribution is 0.346. The van der Waals surface area contributed by atoms with Crippen molar-refractivity contribution in [2.24, 2.45) is 5.92 Å². The molecule has 0 aliphatic carbocycles. The van der Waals surface area contributed by atoms with Crippen molar-refractivity contribution in [1.29, 1.82) is 0 Å². The van der Waals surface area contributed by atoms with Crippen LogP contribution in [0.2, 0.25) is 0 Å². The fourth-order valence-electron chi connectivity index (χ4n) is 4.69. The van der Waals surface area contributed by atoms with Crippen molar-refractivity contribution in [1.82, 2.24) is 4.57 Å². The highest BCUT2D eigenvalue weighted by molar-refractivity contribution is 7.87. The number of pyridine rings is 1. The first kappa shape index (κ1) is 30.9. The molecule has 42 heavy (non-hydrogen) atoms. The van der Waals surface area contributed by atoms with Gasteiger partial charge in [-0.25, -0.2) is 17.6 Å². The molecule has 13 heteroatoms. The van der Waals surface area contributed by atoms with E-state index in [-0.39, 0.29) is 28.3 Å². The minimum Gasteiger partial charge on any atom is -0.495 e. The Bertz CT molecular complexity index is 1810. The molecular weight excluding hydrogens is 588 g/mol. The number of fused-ring (bicyclic) bond motifs is 1. The van der Waals surface area contributed by atoms with Crippen LogP contribution >= 0.6 is 0 Å². The number of hydrogen-bond acceptors (Lipinski definition) is 5. The predicted octanol–water partition coefficient (Wildman–Crippen LogP) is 6.97. The first-order chi connectivity index (χ1) is 19.8. The molecule has 1 atom stereocenters. The molecule has 0 fully saturated rings. The van der Waals surface area contributed by atoms with E-state index in [1.165, 1.54) is 19.2 Å². The van der Waals surface area contributed by atoms with Gasteiger partial charge in [0.2, 0.25) is 34.8 Å². The van der Waals surface area contributed by atoms with Crippen LogP contribution in [0.1, 0.15) is 38.7 Å². The van der Waals surface area contributed by atoms with Crippen molar-refractivity contribution >= 4 is 21.0 Å². The third kappa shape index (κ3) is 5.69. The molecule has 0 radical (unpaired) electrons. The van der Waals surface area contributed by atoms with Gasteiger partial charge in [-0.1, -0.05) is 33.1 Å². The zero-order valence-electron chi connectivity index (χ0n) is 22.6. The molecule has 4 aromatic rings. The van der Waals surface area contributed by atoms with Gasteiger partial charge >= 0.3 is 10.1 Å². The van der Waals surface area contributed by atoms with Crippen LogP contribution in [0.4, 0.5) is 26.3 Å². The van der Waals surface area contributed by atoms with Crippen molar-refractivity contribution in [3.05, 3.63) is 93.3 Å². The van der Waals surface area contributed by atoms with E-state index in [1.807, 2.05) is 13.8 Å². The number of nitrogens with zero attached hydrogens (tertiary/aromatic N) is 1. The Morgan fingerprint density at radius 2 is 1.50 bits per heavy atom. The van der Waals surface area contributed by atoms with Crippen LogP contribution < -0.4 is 14.5 Å². The second kappa shape index (κ2) is 12.1. The Kier molecular flexibility index (Phi) is 8.90. The molecule has 0 aliphatic rings. The first-order valence-corrected chi connectivity index (χ1v) is 14.2. The zero-order chi connectivity index (χ0) is 30.9. The van der Waals surface area contributed by atoms with Gasteiger partial charge in [0.05, 0.1) is 18.3 Å². The molecule has 1 heterocycles. The zero-order valence-corrected chi connectivity index (χ0v) is 23.4. The lowest BCUT2D eigenvalue weighted by Crippen LogP contribution is -2.19. The minimum absolute atomic E-state index is 0.0335. The van der Waals surface area contributed by atoms with Crippen molar-refractivity contribution in [3.8, 4) is 17.2 Å². The Balaban J connectivity index is 1.80. The smallest absolute Gasteiger partial charge is 0.339 e. The summed E-state index contributed by atoms with van der Waals surface area (Å²) < 4.78 is 120. The van der Waals surface area contributed by atoms with E-state index in [0.29, 0.717) is 12.0 Å². The summed E-state index contributed by atoms with van der Waals surface area (Å²) in [7, 11) is -3.79. The van der Waals surface area contributed by atoms with Crippen molar-refractivity contribution in [2.45, 2.75) is 44.4 Å². The number of aromatic nitrogens is 1. The average Bonchev–Trinajstić information content (AvgIpc) is 2.97. The van der Waals surface area contributed by atoms with Gasteiger partial charge in [0, 0.05) is 17.5 Å². The van der Waals surface area contributed by atoms with Gasteiger partial charge in [0.25, 0.3) is 5.56 Å². The lowest BCUT2D eigenvalue weighted by atomic mass is 9.92. The molecule has 1 aromatic heterocycles. The topological polar surface area (TPSA) is 74.6 Å². The second-order valence-electron chi connectivity index (χ2n) is 9.55. The standard InChI is InChI=1S/C29H25F6NO5S/c1-4-6-15(5-2)11-17-13-22(40-3)21(14-19(17)30)36-20-9-8-18(12-16(20)7-10-23(36)37)42(38,39)41-29-27(34)25(32)24(31)26(33)28(29)35/h7-10,12-15H,4-6,11H2,1-3H3. The average molecular weight is 614 g/mol. The first-order valence-electron chi connectivity index (χ1n) is 12.8. The molecule has 0 aliphatic heterocycles. The SMILES string of the molecule is CCCC(CC)Cc1cc(OC)c(-n2c(=O)ccc3cc(S(=O)(=O)Oc4c(F)c(F)c(F)c(F)c4F)ccc32)cc1F. The molecule has 0 spiro atoms. The Hall–Kier alpha value is -4.00. The van der Waals surface area contributed by atoms with Crippen molar-refractivity contribution < 1.29 is 43.7 Å². The van der Waals surface area contributed by atoms with Crippen LogP contribution in [0.3, 0.4) is 0 Å². The molecule has 1 unspecified atom stereocenters. The third-order valence-electron chi connectivity index (χ3n) is 6.89. The molecule has 0 amide bonds. The van der Waals surface area contributed by atoms with Gasteiger partial charge in [0.15, 0.2) is 0 Å². The van der Waals surface area contributed by atoms with Gasteiger partial charge in [-0.15, -0.1) is 0 Å². The number of halogens is 6. The van der Waals surface area contributed by atoms with Crippen LogP contribution in [-0.4, -0.2) is 20.1 Å². The summed E-state index contributed by atoms with van der Waals surface area (Å²) in [6, 6.07) is 7.96. The fraction of sp³-hybridized carbons (Fsp3) is 0.276. The van der Waals surface area contributed by atoms with E-state index in [2.05, 4.69) is 4.18 Å². The van der Waals surface area contributed by atoms with Crippen molar-refractivity contribution in [3.63, 3.8) is 0 Å². The second-order valence-corrected chi connectivity index (χ2v) is 11.1. The van der Waals surface area contributed by atoms with E-state index >= 15 is 4.39 Å². The van der Waals surface area contributed by atoms with Gasteiger partial charge < -0.3 is 8.92 Å². The number of methoxy groups -OCH3 is 1. The maximum atomic E-state index is 15.3. The molecular formula is C29H25F6NO5S. The van der Waals surface area contributed by atoms with Crippen LogP contribution in [0.5, 0.6) is 11.5 Å². The number of ether oxygens (including phenoxy) is 1. The summed E-state index contributed by atoms with van der Waals surface area (Å²) in [5.41, 5.74) is -0.0758. The summed E-state index contributed by atoms with van der Waals surface area (Å²) in [4.78, 5) is 12.2. The van der Waals surface area contributed by atoms with E-state index in [0.717, 1.165) is 54.2 Å². The van der Waals surface area contributed by atoms with Gasteiger partial charge in [-0.3, -0.25) is 9.36 Å². The molecule has 0 bridgehead atoms. The molecule has 3 aromatic carbocycles. The van der Waals surface area contributed by atoms with Crippen LogP contribution in [-0.2, 0) is 16.5 Å². The maximum absolute atomic E-state index is 15.3. The molecule has 0 N–H and O–H groups in total. The quantitative estimate of drug-likeness (QED) is 0.0836. The summed E-state index contributed by atoms with van der Waals surface area (Å²) >= 11 is 0. The fourth-order valence-corrected chi connectivity index (χ4v) is 5.66. The van der Waals surface area contributed by atoms with E-state index in [4.69, 9.17) is 4.74 Å². The lowest BCUT2D eigenvalue weighted by Gasteiger charge is -2.18. The number of hydrogen-bond donors (Lipinski definition) is 0. The summed E-state index contributed by atoms with van der Waals surface area (Å²) in [6.07, 6.45) is 3.15. The maximum Gasteiger partial charge on any atom is 0.339 e. The van der Waals surface area contributed by atoms with E-state index in [9.17, 15) is 35.2 Å². The molecule has 4 rings (SSSR count). The predicted molar refractivity (Wildman–Crippen MR) is 142 cm³/mol. The Labute approximate surface area is 237 Å².